The van der Waals surface area contributed by atoms with E-state index in [0.717, 1.165) is 50.3 Å². The number of aliphatic hydroxyl groups is 1. The number of carboxylic acid groups (broad SMARTS) is 1. The number of hydrogen-bond donors (Lipinski definition) is 2. The molecule has 1 heterocycles. The van der Waals surface area contributed by atoms with Crippen LogP contribution in [0.1, 0.15) is 75.7 Å². The number of nitro groups is 1. The van der Waals surface area contributed by atoms with E-state index in [2.05, 4.69) is 68.8 Å². The number of carboxylic acids is 1. The lowest BCUT2D eigenvalue weighted by atomic mass is 9.63. The number of unbranched alkanes of at least 4 members (excludes halogenated alkanes) is 2. The zero-order valence-corrected chi connectivity index (χ0v) is 26.0. The lowest BCUT2D eigenvalue weighted by molar-refractivity contribution is -0.384. The highest BCUT2D eigenvalue weighted by molar-refractivity contribution is 5.87. The van der Waals surface area contributed by atoms with Gasteiger partial charge in [0, 0.05) is 36.7 Å². The van der Waals surface area contributed by atoms with Gasteiger partial charge in [-0.1, -0.05) is 63.9 Å². The van der Waals surface area contributed by atoms with E-state index in [1.54, 1.807) is 0 Å². The zero-order chi connectivity index (χ0) is 28.3. The SMILES string of the molecule is CCCCN(CCCC)CC1(C)CN(C)C(C)CC1(O)c1ccccc1.Cl.Cl.O=C(O)c1ccc([N+](=O)[O-])cc1. The summed E-state index contributed by atoms with van der Waals surface area (Å²) in [6, 6.07) is 15.5. The van der Waals surface area contributed by atoms with Crippen LogP contribution in [-0.4, -0.2) is 70.2 Å². The average Bonchev–Trinajstić information content (AvgIpc) is 2.90. The summed E-state index contributed by atoms with van der Waals surface area (Å²) in [6.45, 7) is 13.2. The third-order valence-electron chi connectivity index (χ3n) is 7.74. The molecule has 0 amide bonds. The highest BCUT2D eigenvalue weighted by Crippen LogP contribution is 2.48. The molecule has 0 spiro atoms. The van der Waals surface area contributed by atoms with E-state index < -0.39 is 16.5 Å². The number of rotatable bonds is 11. The summed E-state index contributed by atoms with van der Waals surface area (Å²) in [7, 11) is 2.20. The van der Waals surface area contributed by atoms with E-state index in [1.165, 1.54) is 37.8 Å². The van der Waals surface area contributed by atoms with Gasteiger partial charge in [0.05, 0.1) is 16.1 Å². The average molecular weight is 601 g/mol. The maximum atomic E-state index is 12.0. The first kappa shape index (κ1) is 37.8. The van der Waals surface area contributed by atoms with Gasteiger partial charge in [-0.3, -0.25) is 10.1 Å². The van der Waals surface area contributed by atoms with Crippen LogP contribution in [-0.2, 0) is 5.60 Å². The third kappa shape index (κ3) is 10.00. The van der Waals surface area contributed by atoms with Crippen LogP contribution in [0, 0.1) is 15.5 Å². The van der Waals surface area contributed by atoms with Crippen LogP contribution >= 0.6 is 24.8 Å². The van der Waals surface area contributed by atoms with Gasteiger partial charge in [0.25, 0.3) is 5.69 Å². The van der Waals surface area contributed by atoms with Crippen molar-refractivity contribution in [3.63, 3.8) is 0 Å². The molecular weight excluding hydrogens is 553 g/mol. The molecule has 2 aromatic carbocycles. The molecule has 3 rings (SSSR count). The van der Waals surface area contributed by atoms with Crippen molar-refractivity contribution in [2.45, 2.75) is 71.4 Å². The molecule has 3 unspecified atom stereocenters. The number of non-ortho nitro benzene ring substituents is 1. The standard InChI is InChI=1S/C23H40N2O.C7H5NO4.2ClH/c1-6-8-15-25(16-9-7-2)19-22(4)18-24(5)20(3)17-23(22,26)21-13-11-10-12-14-21;9-7(10)5-1-3-6(4-2-5)8(11)12;;/h10-14,20,26H,6-9,15-19H2,1-5H3;1-4H,(H,9,10);2*1H. The monoisotopic (exact) mass is 599 g/mol. The normalized spacial score (nSPS) is 22.3. The number of piperidine rings is 1. The van der Waals surface area contributed by atoms with Crippen molar-refractivity contribution in [1.29, 1.82) is 0 Å². The Morgan fingerprint density at radius 3 is 2.02 bits per heavy atom. The van der Waals surface area contributed by atoms with Gasteiger partial charge < -0.3 is 20.0 Å². The first-order chi connectivity index (χ1) is 18.0. The fourth-order valence-electron chi connectivity index (χ4n) is 5.28. The molecule has 2 aromatic rings. The molecule has 0 aromatic heterocycles. The topological polar surface area (TPSA) is 107 Å². The van der Waals surface area contributed by atoms with Gasteiger partial charge in [-0.05, 0) is 64.0 Å². The summed E-state index contributed by atoms with van der Waals surface area (Å²) in [5.74, 6) is -1.09. The molecule has 1 aliphatic rings. The number of likely N-dealkylation sites (tertiary alicyclic amines) is 1. The van der Waals surface area contributed by atoms with Crippen molar-refractivity contribution < 1.29 is 19.9 Å². The summed E-state index contributed by atoms with van der Waals surface area (Å²) in [5, 5.41) is 30.6. The quantitative estimate of drug-likeness (QED) is 0.220. The molecule has 0 radical (unpaired) electrons. The molecule has 2 N–H and O–H groups in total. The summed E-state index contributed by atoms with van der Waals surface area (Å²) >= 11 is 0. The third-order valence-corrected chi connectivity index (χ3v) is 7.74. The van der Waals surface area contributed by atoms with Crippen LogP contribution in [0.5, 0.6) is 0 Å². The smallest absolute Gasteiger partial charge is 0.335 e. The molecule has 8 nitrogen and oxygen atoms in total. The highest BCUT2D eigenvalue weighted by Gasteiger charge is 2.53. The highest BCUT2D eigenvalue weighted by atomic mass is 35.5. The van der Waals surface area contributed by atoms with Gasteiger partial charge in [-0.25, -0.2) is 4.79 Å². The number of nitro benzene ring substituents is 1. The largest absolute Gasteiger partial charge is 0.478 e. The van der Waals surface area contributed by atoms with Crippen LogP contribution in [0.3, 0.4) is 0 Å². The second-order valence-corrected chi connectivity index (χ2v) is 10.8. The first-order valence-electron chi connectivity index (χ1n) is 13.7. The Bertz CT molecular complexity index is 987. The van der Waals surface area contributed by atoms with Crippen LogP contribution in [0.25, 0.3) is 0 Å². The summed E-state index contributed by atoms with van der Waals surface area (Å²) in [5.41, 5.74) is 0.0440. The molecule has 40 heavy (non-hydrogen) atoms. The minimum Gasteiger partial charge on any atom is -0.478 e. The van der Waals surface area contributed by atoms with E-state index in [1.807, 2.05) is 6.07 Å². The number of benzene rings is 2. The van der Waals surface area contributed by atoms with Crippen LogP contribution < -0.4 is 0 Å². The Hall–Kier alpha value is -2.23. The molecule has 10 heteroatoms. The lowest BCUT2D eigenvalue weighted by Gasteiger charge is -2.55. The van der Waals surface area contributed by atoms with E-state index in [9.17, 15) is 20.0 Å². The Kier molecular flexibility index (Phi) is 16.6. The summed E-state index contributed by atoms with van der Waals surface area (Å²) in [6.07, 6.45) is 5.70. The molecule has 0 bridgehead atoms. The summed E-state index contributed by atoms with van der Waals surface area (Å²) < 4.78 is 0. The van der Waals surface area contributed by atoms with Gasteiger partial charge >= 0.3 is 5.97 Å². The number of hydrogen-bond acceptors (Lipinski definition) is 6. The predicted molar refractivity (Wildman–Crippen MR) is 166 cm³/mol. The van der Waals surface area contributed by atoms with E-state index in [-0.39, 0.29) is 41.5 Å². The van der Waals surface area contributed by atoms with Crippen molar-refractivity contribution >= 4 is 36.5 Å². The Labute approximate surface area is 251 Å². The molecule has 3 atom stereocenters. The maximum Gasteiger partial charge on any atom is 0.335 e. The van der Waals surface area contributed by atoms with Gasteiger partial charge in [0.2, 0.25) is 0 Å². The van der Waals surface area contributed by atoms with Crippen molar-refractivity contribution in [1.82, 2.24) is 9.80 Å². The fourth-order valence-corrected chi connectivity index (χ4v) is 5.28. The molecule has 0 saturated carbocycles. The number of nitrogens with zero attached hydrogens (tertiary/aromatic N) is 3. The van der Waals surface area contributed by atoms with Crippen LogP contribution in [0.15, 0.2) is 54.6 Å². The molecule has 1 fully saturated rings. The first-order valence-corrected chi connectivity index (χ1v) is 13.7. The minimum atomic E-state index is -1.09. The second kappa shape index (κ2) is 17.6. The Balaban J connectivity index is 0.000000919. The van der Waals surface area contributed by atoms with Gasteiger partial charge in [0.1, 0.15) is 0 Å². The van der Waals surface area contributed by atoms with Crippen molar-refractivity contribution in [3.05, 3.63) is 75.8 Å². The Morgan fingerprint density at radius 1 is 1.05 bits per heavy atom. The predicted octanol–water partition coefficient (Wildman–Crippen LogP) is 6.64. The molecular formula is C30H47Cl2N3O5. The number of aromatic carboxylic acids is 1. The van der Waals surface area contributed by atoms with E-state index in [0.29, 0.717) is 6.04 Å². The lowest BCUT2D eigenvalue weighted by Crippen LogP contribution is -2.62. The molecule has 1 saturated heterocycles. The van der Waals surface area contributed by atoms with Crippen molar-refractivity contribution in [2.24, 2.45) is 5.41 Å². The van der Waals surface area contributed by atoms with Crippen LogP contribution in [0.2, 0.25) is 0 Å². The summed E-state index contributed by atoms with van der Waals surface area (Å²) in [4.78, 5) is 24.9. The molecule has 0 aliphatic carbocycles. The van der Waals surface area contributed by atoms with E-state index in [4.69, 9.17) is 5.11 Å². The van der Waals surface area contributed by atoms with Gasteiger partial charge in [-0.15, -0.1) is 24.8 Å². The molecule has 226 valence electrons. The van der Waals surface area contributed by atoms with Gasteiger partial charge in [-0.2, -0.15) is 0 Å². The second-order valence-electron chi connectivity index (χ2n) is 10.8. The fraction of sp³-hybridized carbons (Fsp3) is 0.567. The Morgan fingerprint density at radius 2 is 1.57 bits per heavy atom. The molecule has 1 aliphatic heterocycles. The van der Waals surface area contributed by atoms with Gasteiger partial charge in [0.15, 0.2) is 0 Å². The maximum absolute atomic E-state index is 12.0. The number of halogens is 2. The van der Waals surface area contributed by atoms with E-state index >= 15 is 0 Å². The zero-order valence-electron chi connectivity index (χ0n) is 24.4. The van der Waals surface area contributed by atoms with Crippen molar-refractivity contribution in [2.75, 3.05) is 33.2 Å². The van der Waals surface area contributed by atoms with Crippen LogP contribution in [0.4, 0.5) is 5.69 Å². The van der Waals surface area contributed by atoms with Crippen molar-refractivity contribution in [3.8, 4) is 0 Å². The number of carbonyl (C=O) groups is 1. The minimum absolute atomic E-state index is 0.